The first-order valence-electron chi connectivity index (χ1n) is 5.15. The van der Waals surface area contributed by atoms with Crippen LogP contribution in [-0.4, -0.2) is 10.3 Å². The topological polar surface area (TPSA) is 43.1 Å². The van der Waals surface area contributed by atoms with E-state index >= 15 is 0 Å². The molecular formula is C11H11BrClNO2. The van der Waals surface area contributed by atoms with Crippen molar-refractivity contribution in [3.05, 3.63) is 38.3 Å². The highest BCUT2D eigenvalue weighted by atomic mass is 79.9. The standard InChI is InChI=1S/C11H11BrClNO2/c12-9-3-4-11(14(15)16)8(5-9)6-10(13)7-1-2-7/h3-5,7,10H,1-2,6H2. The molecule has 1 aliphatic rings. The summed E-state index contributed by atoms with van der Waals surface area (Å²) in [6.07, 6.45) is 2.87. The van der Waals surface area contributed by atoms with E-state index in [0.29, 0.717) is 17.9 Å². The van der Waals surface area contributed by atoms with Gasteiger partial charge in [0, 0.05) is 21.5 Å². The minimum atomic E-state index is -0.349. The van der Waals surface area contributed by atoms with Crippen molar-refractivity contribution in [3.8, 4) is 0 Å². The van der Waals surface area contributed by atoms with Gasteiger partial charge in [-0.25, -0.2) is 0 Å². The molecule has 1 aromatic carbocycles. The molecule has 16 heavy (non-hydrogen) atoms. The summed E-state index contributed by atoms with van der Waals surface area (Å²) in [7, 11) is 0. The number of nitro benzene ring substituents is 1. The van der Waals surface area contributed by atoms with Gasteiger partial charge in [0.1, 0.15) is 0 Å². The lowest BCUT2D eigenvalue weighted by Crippen LogP contribution is -2.07. The number of hydrogen-bond acceptors (Lipinski definition) is 2. The molecule has 86 valence electrons. The van der Waals surface area contributed by atoms with E-state index in [9.17, 15) is 10.1 Å². The van der Waals surface area contributed by atoms with Crippen LogP contribution in [0.15, 0.2) is 22.7 Å². The summed E-state index contributed by atoms with van der Waals surface area (Å²) in [5, 5.41) is 10.9. The van der Waals surface area contributed by atoms with Crippen LogP contribution >= 0.6 is 27.5 Å². The Balaban J connectivity index is 2.22. The Hall–Kier alpha value is -0.610. The zero-order chi connectivity index (χ0) is 11.7. The van der Waals surface area contributed by atoms with Crippen LogP contribution in [0.5, 0.6) is 0 Å². The second-order valence-electron chi connectivity index (χ2n) is 4.09. The molecule has 0 heterocycles. The molecule has 0 aromatic heterocycles. The number of alkyl halides is 1. The van der Waals surface area contributed by atoms with E-state index in [1.165, 1.54) is 6.07 Å². The SMILES string of the molecule is O=[N+]([O-])c1ccc(Br)cc1CC(Cl)C1CC1. The number of rotatable bonds is 4. The van der Waals surface area contributed by atoms with Crippen molar-refractivity contribution < 1.29 is 4.92 Å². The Morgan fingerprint density at radius 1 is 1.56 bits per heavy atom. The molecule has 0 spiro atoms. The van der Waals surface area contributed by atoms with Crippen molar-refractivity contribution in [1.82, 2.24) is 0 Å². The lowest BCUT2D eigenvalue weighted by atomic mass is 10.1. The molecule has 0 saturated heterocycles. The van der Waals surface area contributed by atoms with E-state index in [1.54, 1.807) is 12.1 Å². The van der Waals surface area contributed by atoms with Crippen LogP contribution in [0.2, 0.25) is 0 Å². The first-order valence-corrected chi connectivity index (χ1v) is 6.38. The fourth-order valence-corrected chi connectivity index (χ4v) is 2.56. The van der Waals surface area contributed by atoms with E-state index in [1.807, 2.05) is 0 Å². The Bertz CT molecular complexity index is 420. The van der Waals surface area contributed by atoms with Gasteiger partial charge in [-0.05, 0) is 37.3 Å². The Morgan fingerprint density at radius 3 is 2.81 bits per heavy atom. The summed E-state index contributed by atoms with van der Waals surface area (Å²) in [5.74, 6) is 0.542. The molecule has 0 radical (unpaired) electrons. The van der Waals surface area contributed by atoms with Gasteiger partial charge in [0.25, 0.3) is 5.69 Å². The molecule has 1 aliphatic carbocycles. The first kappa shape index (κ1) is 11.9. The van der Waals surface area contributed by atoms with E-state index in [0.717, 1.165) is 17.3 Å². The Kier molecular flexibility index (Phi) is 3.50. The number of nitro groups is 1. The van der Waals surface area contributed by atoms with Crippen LogP contribution in [0.3, 0.4) is 0 Å². The maximum atomic E-state index is 10.8. The third kappa shape index (κ3) is 2.74. The summed E-state index contributed by atoms with van der Waals surface area (Å²) in [6.45, 7) is 0. The predicted molar refractivity (Wildman–Crippen MR) is 66.9 cm³/mol. The molecule has 2 rings (SSSR count). The van der Waals surface area contributed by atoms with Gasteiger partial charge in [-0.3, -0.25) is 10.1 Å². The molecule has 3 nitrogen and oxygen atoms in total. The molecule has 1 aromatic rings. The van der Waals surface area contributed by atoms with Gasteiger partial charge < -0.3 is 0 Å². The third-order valence-electron chi connectivity index (χ3n) is 2.79. The fraction of sp³-hybridized carbons (Fsp3) is 0.455. The predicted octanol–water partition coefficient (Wildman–Crippen LogP) is 3.92. The van der Waals surface area contributed by atoms with E-state index in [4.69, 9.17) is 11.6 Å². The lowest BCUT2D eigenvalue weighted by Gasteiger charge is -2.08. The number of halogens is 2. The van der Waals surface area contributed by atoms with Crippen molar-refractivity contribution in [2.75, 3.05) is 0 Å². The van der Waals surface area contributed by atoms with Gasteiger partial charge in [0.05, 0.1) is 4.92 Å². The highest BCUT2D eigenvalue weighted by Gasteiger charge is 2.31. The summed E-state index contributed by atoms with van der Waals surface area (Å²) in [4.78, 5) is 10.5. The van der Waals surface area contributed by atoms with Crippen molar-refractivity contribution in [1.29, 1.82) is 0 Å². The van der Waals surface area contributed by atoms with Crippen LogP contribution in [0.25, 0.3) is 0 Å². The average molecular weight is 305 g/mol. The largest absolute Gasteiger partial charge is 0.272 e. The van der Waals surface area contributed by atoms with Crippen LogP contribution in [0.1, 0.15) is 18.4 Å². The molecule has 0 aliphatic heterocycles. The summed E-state index contributed by atoms with van der Waals surface area (Å²) in [5.41, 5.74) is 0.876. The van der Waals surface area contributed by atoms with Gasteiger partial charge >= 0.3 is 0 Å². The van der Waals surface area contributed by atoms with E-state index < -0.39 is 0 Å². The molecule has 0 bridgehead atoms. The first-order chi connectivity index (χ1) is 7.58. The van der Waals surface area contributed by atoms with E-state index in [2.05, 4.69) is 15.9 Å². The van der Waals surface area contributed by atoms with Crippen LogP contribution in [0, 0.1) is 16.0 Å². The van der Waals surface area contributed by atoms with Crippen molar-refractivity contribution in [2.24, 2.45) is 5.92 Å². The van der Waals surface area contributed by atoms with Gasteiger partial charge in [-0.2, -0.15) is 0 Å². The molecule has 0 N–H and O–H groups in total. The van der Waals surface area contributed by atoms with Crippen molar-refractivity contribution in [2.45, 2.75) is 24.6 Å². The maximum absolute atomic E-state index is 10.8. The van der Waals surface area contributed by atoms with Crippen LogP contribution in [0.4, 0.5) is 5.69 Å². The molecule has 1 unspecified atom stereocenters. The van der Waals surface area contributed by atoms with Gasteiger partial charge in [0.2, 0.25) is 0 Å². The zero-order valence-electron chi connectivity index (χ0n) is 8.53. The smallest absolute Gasteiger partial charge is 0.258 e. The molecule has 5 heteroatoms. The third-order valence-corrected chi connectivity index (χ3v) is 3.79. The molecule has 1 fully saturated rings. The summed E-state index contributed by atoms with van der Waals surface area (Å²) < 4.78 is 0.854. The van der Waals surface area contributed by atoms with Crippen molar-refractivity contribution >= 4 is 33.2 Å². The van der Waals surface area contributed by atoms with Gasteiger partial charge in [-0.15, -0.1) is 11.6 Å². The monoisotopic (exact) mass is 303 g/mol. The van der Waals surface area contributed by atoms with Crippen molar-refractivity contribution in [3.63, 3.8) is 0 Å². The minimum Gasteiger partial charge on any atom is -0.258 e. The lowest BCUT2D eigenvalue weighted by molar-refractivity contribution is -0.385. The maximum Gasteiger partial charge on any atom is 0.272 e. The van der Waals surface area contributed by atoms with Gasteiger partial charge in [0.15, 0.2) is 0 Å². The van der Waals surface area contributed by atoms with E-state index in [-0.39, 0.29) is 16.0 Å². The fourth-order valence-electron chi connectivity index (χ4n) is 1.73. The molecule has 0 amide bonds. The molecule has 1 atom stereocenters. The van der Waals surface area contributed by atoms with Crippen LogP contribution < -0.4 is 0 Å². The molecular weight excluding hydrogens is 293 g/mol. The summed E-state index contributed by atoms with van der Waals surface area (Å²) in [6, 6.07) is 4.99. The van der Waals surface area contributed by atoms with Crippen LogP contribution in [-0.2, 0) is 6.42 Å². The highest BCUT2D eigenvalue weighted by Crippen LogP contribution is 2.38. The second kappa shape index (κ2) is 4.72. The second-order valence-corrected chi connectivity index (χ2v) is 5.56. The quantitative estimate of drug-likeness (QED) is 0.481. The number of hydrogen-bond donors (Lipinski definition) is 0. The highest BCUT2D eigenvalue weighted by molar-refractivity contribution is 9.10. The number of nitrogens with zero attached hydrogens (tertiary/aromatic N) is 1. The average Bonchev–Trinajstić information content (AvgIpc) is 2.99. The van der Waals surface area contributed by atoms with Gasteiger partial charge in [-0.1, -0.05) is 15.9 Å². The Labute approximate surface area is 107 Å². The molecule has 1 saturated carbocycles. The normalized spacial score (nSPS) is 17.1. The Morgan fingerprint density at radius 2 is 2.25 bits per heavy atom. The number of benzene rings is 1. The summed E-state index contributed by atoms with van der Waals surface area (Å²) >= 11 is 9.53. The zero-order valence-corrected chi connectivity index (χ0v) is 10.9. The minimum absolute atomic E-state index is 0.0213.